The summed E-state index contributed by atoms with van der Waals surface area (Å²) in [6, 6.07) is 0. The molecule has 0 amide bonds. The largest absolute Gasteiger partial charge is 0.377 e. The van der Waals surface area contributed by atoms with Crippen molar-refractivity contribution >= 4 is 30.1 Å². The highest BCUT2D eigenvalue weighted by atomic mass is 32.2. The zero-order chi connectivity index (χ0) is 32.5. The van der Waals surface area contributed by atoms with E-state index in [0.29, 0.717) is 19.6 Å². The van der Waals surface area contributed by atoms with E-state index in [1.807, 2.05) is 0 Å². The van der Waals surface area contributed by atoms with Crippen LogP contribution in [0.1, 0.15) is 101 Å². The Kier molecular flexibility index (Phi) is 15.3. The molecule has 0 aromatic heterocycles. The fraction of sp³-hybridized carbons (Fsp3) is 1.00. The van der Waals surface area contributed by atoms with E-state index in [1.54, 1.807) is 62.3 Å². The van der Waals surface area contributed by atoms with E-state index in [0.717, 1.165) is 58.3 Å². The minimum absolute atomic E-state index is 0.0622. The van der Waals surface area contributed by atoms with Crippen LogP contribution in [0.15, 0.2) is 0 Å². The number of sulfonamides is 3. The molecule has 3 N–H and O–H groups in total. The molecule has 3 aliphatic heterocycles. The molecule has 3 aliphatic rings. The second-order valence-electron chi connectivity index (χ2n) is 13.8. The average Bonchev–Trinajstić information content (AvgIpc) is 3.63. The molecule has 1 unspecified atom stereocenters. The maximum absolute atomic E-state index is 11.6. The van der Waals surface area contributed by atoms with E-state index in [4.69, 9.17) is 14.2 Å². The molecule has 3 heterocycles. The molecule has 0 aromatic carbocycles. The van der Waals surface area contributed by atoms with Gasteiger partial charge < -0.3 is 14.2 Å². The Bertz CT molecular complexity index is 961. The molecule has 3 saturated heterocycles. The number of hydrogen-bond acceptors (Lipinski definition) is 9. The van der Waals surface area contributed by atoms with Gasteiger partial charge in [0.05, 0.1) is 32.6 Å². The van der Waals surface area contributed by atoms with Crippen LogP contribution in [-0.2, 0) is 44.3 Å². The van der Waals surface area contributed by atoms with Crippen molar-refractivity contribution in [2.75, 3.05) is 39.5 Å². The monoisotopic (exact) mass is 663 g/mol. The Hall–Kier alpha value is -0.390. The Balaban J connectivity index is 0.000000315. The fourth-order valence-corrected chi connectivity index (χ4v) is 6.19. The van der Waals surface area contributed by atoms with Crippen molar-refractivity contribution in [2.45, 2.75) is 133 Å². The van der Waals surface area contributed by atoms with Gasteiger partial charge in [-0.1, -0.05) is 0 Å². The fourth-order valence-electron chi connectivity index (χ4n) is 3.67. The van der Waals surface area contributed by atoms with Crippen LogP contribution in [0.2, 0.25) is 0 Å². The summed E-state index contributed by atoms with van der Waals surface area (Å²) in [5, 5.41) is 0. The van der Waals surface area contributed by atoms with E-state index >= 15 is 0 Å². The van der Waals surface area contributed by atoms with Crippen molar-refractivity contribution in [3.05, 3.63) is 0 Å². The van der Waals surface area contributed by atoms with Crippen LogP contribution in [0.5, 0.6) is 0 Å². The maximum Gasteiger partial charge on any atom is 0.216 e. The SMILES string of the molecule is CC(C)(C)S(=O)(=O)NCC1CCCO1.CC(C)(C)S(=O)(=O)NC[C@@H]1CCCO1.CC(C)(C)S(=O)(=O)NC[C@H]1CCCO1. The molecule has 42 heavy (non-hydrogen) atoms. The summed E-state index contributed by atoms with van der Waals surface area (Å²) in [6.45, 7) is 18.6. The molecule has 0 bridgehead atoms. The van der Waals surface area contributed by atoms with Gasteiger partial charge in [0, 0.05) is 39.5 Å². The number of ether oxygens (including phenoxy) is 3. The van der Waals surface area contributed by atoms with Crippen molar-refractivity contribution in [1.29, 1.82) is 0 Å². The summed E-state index contributed by atoms with van der Waals surface area (Å²) in [4.78, 5) is 0. The third-order valence-electron chi connectivity index (χ3n) is 6.99. The molecule has 0 aromatic rings. The molecule has 0 spiro atoms. The minimum atomic E-state index is -3.22. The van der Waals surface area contributed by atoms with Crippen molar-refractivity contribution in [3.63, 3.8) is 0 Å². The summed E-state index contributed by atoms with van der Waals surface area (Å²) >= 11 is 0. The summed E-state index contributed by atoms with van der Waals surface area (Å²) in [7, 11) is -9.65. The van der Waals surface area contributed by atoms with Gasteiger partial charge >= 0.3 is 0 Å². The highest BCUT2D eigenvalue weighted by Gasteiger charge is 2.31. The third kappa shape index (κ3) is 13.7. The van der Waals surface area contributed by atoms with Crippen molar-refractivity contribution in [3.8, 4) is 0 Å². The normalized spacial score (nSPS) is 24.1. The topological polar surface area (TPSA) is 166 Å². The van der Waals surface area contributed by atoms with Gasteiger partial charge in [-0.25, -0.2) is 39.4 Å². The van der Waals surface area contributed by atoms with Gasteiger partial charge in [0.15, 0.2) is 0 Å². The molecule has 3 rings (SSSR count). The van der Waals surface area contributed by atoms with Gasteiger partial charge in [-0.15, -0.1) is 0 Å². The summed E-state index contributed by atoms with van der Waals surface area (Å²) < 4.78 is 91.4. The second kappa shape index (κ2) is 16.3. The molecular formula is C27H57N3O9S3. The van der Waals surface area contributed by atoms with Crippen LogP contribution in [0.4, 0.5) is 0 Å². The quantitative estimate of drug-likeness (QED) is 0.336. The van der Waals surface area contributed by atoms with Crippen LogP contribution in [0.25, 0.3) is 0 Å². The lowest BCUT2D eigenvalue weighted by Gasteiger charge is -2.21. The summed E-state index contributed by atoms with van der Waals surface area (Å²) in [5.74, 6) is 0. The third-order valence-corrected chi connectivity index (χ3v) is 13.5. The lowest BCUT2D eigenvalue weighted by molar-refractivity contribution is 0.114. The van der Waals surface area contributed by atoms with Gasteiger partial charge in [0.1, 0.15) is 0 Å². The van der Waals surface area contributed by atoms with Crippen LogP contribution in [-0.4, -0.2) is 97.3 Å². The minimum Gasteiger partial charge on any atom is -0.377 e. The zero-order valence-corrected chi connectivity index (χ0v) is 29.6. The lowest BCUT2D eigenvalue weighted by Crippen LogP contribution is -2.42. The standard InChI is InChI=1S/3C9H19NO3S/c3*1-9(2,3)14(11,12)10-7-8-5-4-6-13-8/h3*8,10H,4-7H2,1-3H3/t2*8-;/m10./s1. The van der Waals surface area contributed by atoms with Gasteiger partial charge in [0.25, 0.3) is 0 Å². The summed E-state index contributed by atoms with van der Waals surface area (Å²) in [5.41, 5.74) is 0. The van der Waals surface area contributed by atoms with Crippen LogP contribution in [0, 0.1) is 0 Å². The molecule has 15 heteroatoms. The Morgan fingerprint density at radius 3 is 0.833 bits per heavy atom. The number of rotatable bonds is 9. The smallest absolute Gasteiger partial charge is 0.216 e. The van der Waals surface area contributed by atoms with Crippen LogP contribution >= 0.6 is 0 Å². The van der Waals surface area contributed by atoms with E-state index in [1.165, 1.54) is 0 Å². The van der Waals surface area contributed by atoms with E-state index in [2.05, 4.69) is 14.2 Å². The number of hydrogen-bond donors (Lipinski definition) is 3. The Labute approximate surface area is 255 Å². The maximum atomic E-state index is 11.6. The van der Waals surface area contributed by atoms with Crippen molar-refractivity contribution < 1.29 is 39.5 Å². The second-order valence-corrected chi connectivity index (χ2v) is 21.4. The zero-order valence-electron chi connectivity index (χ0n) is 27.1. The predicted molar refractivity (Wildman–Crippen MR) is 167 cm³/mol. The average molecular weight is 664 g/mol. The highest BCUT2D eigenvalue weighted by Crippen LogP contribution is 2.18. The van der Waals surface area contributed by atoms with Gasteiger partial charge in [0.2, 0.25) is 30.1 Å². The van der Waals surface area contributed by atoms with Gasteiger partial charge in [-0.2, -0.15) is 0 Å². The first-order valence-corrected chi connectivity index (χ1v) is 19.3. The molecule has 252 valence electrons. The van der Waals surface area contributed by atoms with Crippen LogP contribution < -0.4 is 14.2 Å². The Morgan fingerprint density at radius 2 is 0.690 bits per heavy atom. The van der Waals surface area contributed by atoms with E-state index < -0.39 is 44.3 Å². The van der Waals surface area contributed by atoms with Crippen molar-refractivity contribution in [2.24, 2.45) is 0 Å². The molecule has 0 aliphatic carbocycles. The first-order valence-electron chi connectivity index (χ1n) is 14.8. The first-order chi connectivity index (χ1) is 19.0. The lowest BCUT2D eigenvalue weighted by atomic mass is 10.2. The van der Waals surface area contributed by atoms with E-state index in [-0.39, 0.29) is 18.3 Å². The highest BCUT2D eigenvalue weighted by molar-refractivity contribution is 7.91. The molecule has 0 saturated carbocycles. The molecule has 3 fully saturated rings. The van der Waals surface area contributed by atoms with E-state index in [9.17, 15) is 25.3 Å². The van der Waals surface area contributed by atoms with Crippen molar-refractivity contribution in [1.82, 2.24) is 14.2 Å². The molecule has 3 atom stereocenters. The Morgan fingerprint density at radius 1 is 0.476 bits per heavy atom. The molecule has 0 radical (unpaired) electrons. The van der Waals surface area contributed by atoms with Gasteiger partial charge in [-0.05, 0) is 101 Å². The van der Waals surface area contributed by atoms with Crippen LogP contribution in [0.3, 0.4) is 0 Å². The molecular weight excluding hydrogens is 607 g/mol. The summed E-state index contributed by atoms with van der Waals surface area (Å²) in [6.07, 6.45) is 6.13. The predicted octanol–water partition coefficient (Wildman–Crippen LogP) is 2.65. The first kappa shape index (κ1) is 39.6. The van der Waals surface area contributed by atoms with Gasteiger partial charge in [-0.3, -0.25) is 0 Å². The molecule has 12 nitrogen and oxygen atoms in total. The number of nitrogens with one attached hydrogen (secondary N) is 3.